The second-order valence-corrected chi connectivity index (χ2v) is 4.94. The minimum Gasteiger partial charge on any atom is -0.349 e. The van der Waals surface area contributed by atoms with Crippen LogP contribution >= 0.6 is 12.4 Å². The zero-order chi connectivity index (χ0) is 13.8. The Hall–Kier alpha value is -1.20. The minimum atomic E-state index is -0.630. The van der Waals surface area contributed by atoms with Crippen molar-refractivity contribution >= 4 is 18.3 Å². The summed E-state index contributed by atoms with van der Waals surface area (Å²) in [7, 11) is 0. The normalized spacial score (nSPS) is 19.9. The quantitative estimate of drug-likeness (QED) is 0.901. The maximum Gasteiger partial charge on any atom is 0.224 e. The number of hydrogen-bond donors (Lipinski definition) is 2. The molecule has 1 saturated heterocycles. The third kappa shape index (κ3) is 4.15. The van der Waals surface area contributed by atoms with Crippen molar-refractivity contribution in [1.29, 1.82) is 0 Å². The van der Waals surface area contributed by atoms with E-state index < -0.39 is 17.7 Å². The van der Waals surface area contributed by atoms with E-state index in [-0.39, 0.29) is 24.2 Å². The van der Waals surface area contributed by atoms with Gasteiger partial charge in [0.15, 0.2) is 0 Å². The second kappa shape index (κ2) is 7.55. The lowest BCUT2D eigenvalue weighted by Gasteiger charge is -2.24. The van der Waals surface area contributed by atoms with E-state index in [0.717, 1.165) is 25.5 Å². The highest BCUT2D eigenvalue weighted by Gasteiger charge is 2.23. The molecule has 2 unspecified atom stereocenters. The lowest BCUT2D eigenvalue weighted by Crippen LogP contribution is -2.41. The van der Waals surface area contributed by atoms with Crippen molar-refractivity contribution in [1.82, 2.24) is 10.6 Å². The van der Waals surface area contributed by atoms with Crippen LogP contribution in [0.15, 0.2) is 18.2 Å². The molecule has 0 aromatic heterocycles. The second-order valence-electron chi connectivity index (χ2n) is 4.94. The van der Waals surface area contributed by atoms with Crippen LogP contribution in [0.1, 0.15) is 31.4 Å². The van der Waals surface area contributed by atoms with E-state index in [9.17, 15) is 13.6 Å². The van der Waals surface area contributed by atoms with Gasteiger partial charge in [0.2, 0.25) is 5.91 Å². The summed E-state index contributed by atoms with van der Waals surface area (Å²) in [5, 5.41) is 5.95. The predicted octanol–water partition coefficient (Wildman–Crippen LogP) is 2.56. The van der Waals surface area contributed by atoms with Crippen LogP contribution in [0.3, 0.4) is 0 Å². The Balaban J connectivity index is 0.00000200. The highest BCUT2D eigenvalue weighted by molar-refractivity contribution is 5.85. The van der Waals surface area contributed by atoms with Crippen LogP contribution in [0, 0.1) is 17.6 Å². The molecule has 0 bridgehead atoms. The monoisotopic (exact) mass is 304 g/mol. The molecule has 1 aliphatic heterocycles. The number of amides is 1. The van der Waals surface area contributed by atoms with Crippen molar-refractivity contribution in [3.63, 3.8) is 0 Å². The largest absolute Gasteiger partial charge is 0.349 e. The summed E-state index contributed by atoms with van der Waals surface area (Å²) in [6, 6.07) is 2.94. The lowest BCUT2D eigenvalue weighted by atomic mass is 9.98. The van der Waals surface area contributed by atoms with Gasteiger partial charge in [0, 0.05) is 18.2 Å². The molecule has 1 fully saturated rings. The van der Waals surface area contributed by atoms with E-state index >= 15 is 0 Å². The maximum atomic E-state index is 13.6. The molecule has 1 amide bonds. The highest BCUT2D eigenvalue weighted by atomic mass is 35.5. The number of hydrogen-bond acceptors (Lipinski definition) is 2. The van der Waals surface area contributed by atoms with E-state index in [4.69, 9.17) is 0 Å². The Morgan fingerprint density at radius 3 is 2.80 bits per heavy atom. The average Bonchev–Trinajstić information content (AvgIpc) is 2.39. The van der Waals surface area contributed by atoms with Gasteiger partial charge in [0.1, 0.15) is 11.6 Å². The molecule has 0 radical (unpaired) electrons. The molecule has 0 aliphatic carbocycles. The fourth-order valence-corrected chi connectivity index (χ4v) is 2.34. The van der Waals surface area contributed by atoms with Gasteiger partial charge in [0.25, 0.3) is 0 Å². The van der Waals surface area contributed by atoms with Crippen LogP contribution in [-0.2, 0) is 4.79 Å². The summed E-state index contributed by atoms with van der Waals surface area (Å²) in [6.45, 7) is 3.29. The van der Waals surface area contributed by atoms with Crippen molar-refractivity contribution in [3.8, 4) is 0 Å². The Bertz CT molecular complexity index is 464. The number of piperidine rings is 1. The zero-order valence-electron chi connectivity index (χ0n) is 11.3. The van der Waals surface area contributed by atoms with Gasteiger partial charge in [-0.1, -0.05) is 6.07 Å². The summed E-state index contributed by atoms with van der Waals surface area (Å²) >= 11 is 0. The first-order chi connectivity index (χ1) is 9.08. The smallest absolute Gasteiger partial charge is 0.224 e. The SMILES string of the molecule is CC(NC(=O)C1CCCNC1)c1ccc(F)cc1F.Cl. The van der Waals surface area contributed by atoms with Gasteiger partial charge in [-0.3, -0.25) is 4.79 Å². The van der Waals surface area contributed by atoms with Crippen LogP contribution in [0.2, 0.25) is 0 Å². The van der Waals surface area contributed by atoms with Gasteiger partial charge < -0.3 is 10.6 Å². The summed E-state index contributed by atoms with van der Waals surface area (Å²) in [4.78, 5) is 12.0. The molecule has 112 valence electrons. The molecule has 2 atom stereocenters. The molecule has 1 aromatic carbocycles. The average molecular weight is 305 g/mol. The van der Waals surface area contributed by atoms with Crippen molar-refractivity contribution in [2.45, 2.75) is 25.8 Å². The van der Waals surface area contributed by atoms with Crippen molar-refractivity contribution in [2.75, 3.05) is 13.1 Å². The molecule has 0 spiro atoms. The van der Waals surface area contributed by atoms with Crippen LogP contribution in [-0.4, -0.2) is 19.0 Å². The third-order valence-corrected chi connectivity index (χ3v) is 3.46. The summed E-state index contributed by atoms with van der Waals surface area (Å²) in [5.41, 5.74) is 0.304. The lowest BCUT2D eigenvalue weighted by molar-refractivity contribution is -0.126. The fraction of sp³-hybridized carbons (Fsp3) is 0.500. The van der Waals surface area contributed by atoms with Gasteiger partial charge in [-0.05, 0) is 32.4 Å². The van der Waals surface area contributed by atoms with Crippen molar-refractivity contribution in [3.05, 3.63) is 35.4 Å². The van der Waals surface area contributed by atoms with Gasteiger partial charge in [-0.2, -0.15) is 0 Å². The topological polar surface area (TPSA) is 41.1 Å². The first kappa shape index (κ1) is 16.9. The van der Waals surface area contributed by atoms with E-state index in [1.54, 1.807) is 6.92 Å². The zero-order valence-corrected chi connectivity index (χ0v) is 12.1. The number of carbonyl (C=O) groups excluding carboxylic acids is 1. The minimum absolute atomic E-state index is 0. The summed E-state index contributed by atoms with van der Waals surface area (Å²) < 4.78 is 26.4. The van der Waals surface area contributed by atoms with Crippen LogP contribution in [0.5, 0.6) is 0 Å². The van der Waals surface area contributed by atoms with Gasteiger partial charge in [0.05, 0.1) is 12.0 Å². The van der Waals surface area contributed by atoms with E-state index in [2.05, 4.69) is 10.6 Å². The molecule has 2 rings (SSSR count). The molecule has 1 aliphatic rings. The Kier molecular flexibility index (Phi) is 6.36. The van der Waals surface area contributed by atoms with Gasteiger partial charge in [-0.15, -0.1) is 12.4 Å². The molecule has 1 heterocycles. The van der Waals surface area contributed by atoms with Crippen molar-refractivity contribution in [2.24, 2.45) is 5.92 Å². The van der Waals surface area contributed by atoms with E-state index in [1.165, 1.54) is 12.1 Å². The fourth-order valence-electron chi connectivity index (χ4n) is 2.34. The summed E-state index contributed by atoms with van der Waals surface area (Å²) in [6.07, 6.45) is 1.81. The first-order valence-electron chi connectivity index (χ1n) is 6.54. The molecule has 20 heavy (non-hydrogen) atoms. The predicted molar refractivity (Wildman–Crippen MR) is 75.8 cm³/mol. The number of rotatable bonds is 3. The molecule has 2 N–H and O–H groups in total. The number of benzene rings is 1. The Labute approximate surface area is 123 Å². The van der Waals surface area contributed by atoms with Crippen LogP contribution in [0.4, 0.5) is 8.78 Å². The molecule has 1 aromatic rings. The molecule has 3 nitrogen and oxygen atoms in total. The van der Waals surface area contributed by atoms with Gasteiger partial charge in [-0.25, -0.2) is 8.78 Å². The molecule has 0 saturated carbocycles. The first-order valence-corrected chi connectivity index (χ1v) is 6.54. The Morgan fingerprint density at radius 2 is 2.20 bits per heavy atom. The highest BCUT2D eigenvalue weighted by Crippen LogP contribution is 2.19. The molecular formula is C14H19ClF2N2O. The van der Waals surface area contributed by atoms with Gasteiger partial charge >= 0.3 is 0 Å². The number of nitrogens with one attached hydrogen (secondary N) is 2. The molecule has 6 heteroatoms. The number of halogens is 3. The van der Waals surface area contributed by atoms with Crippen LogP contribution < -0.4 is 10.6 Å². The third-order valence-electron chi connectivity index (χ3n) is 3.46. The van der Waals surface area contributed by atoms with Crippen molar-refractivity contribution < 1.29 is 13.6 Å². The van der Waals surface area contributed by atoms with E-state index in [0.29, 0.717) is 12.1 Å². The summed E-state index contributed by atoms with van der Waals surface area (Å²) in [5.74, 6) is -1.39. The number of carbonyl (C=O) groups is 1. The Morgan fingerprint density at radius 1 is 1.45 bits per heavy atom. The standard InChI is InChI=1S/C14H18F2N2O.ClH/c1-9(12-5-4-11(15)7-13(12)16)18-14(19)10-3-2-6-17-8-10;/h4-5,7,9-10,17H,2-3,6,8H2,1H3,(H,18,19);1H. The maximum absolute atomic E-state index is 13.6. The van der Waals surface area contributed by atoms with Crippen LogP contribution in [0.25, 0.3) is 0 Å². The molecular weight excluding hydrogens is 286 g/mol. The van der Waals surface area contributed by atoms with E-state index in [1.807, 2.05) is 0 Å².